The minimum Gasteiger partial charge on any atom is -0.394 e. The van der Waals surface area contributed by atoms with Crippen LogP contribution in [-0.2, 0) is 11.2 Å². The highest BCUT2D eigenvalue weighted by Gasteiger charge is 2.24. The van der Waals surface area contributed by atoms with E-state index >= 15 is 0 Å². The number of carbonyl (C=O) groups is 1. The zero-order valence-electron chi connectivity index (χ0n) is 14.9. The fourth-order valence-electron chi connectivity index (χ4n) is 2.94. The van der Waals surface area contributed by atoms with E-state index < -0.39 is 0 Å². The summed E-state index contributed by atoms with van der Waals surface area (Å²) in [5, 5.41) is 13.9. The Morgan fingerprint density at radius 2 is 2.07 bits per heavy atom. The fraction of sp³-hybridized carbons (Fsp3) is 0.143. The monoisotopic (exact) mass is 390 g/mol. The van der Waals surface area contributed by atoms with Crippen molar-refractivity contribution in [1.29, 1.82) is 0 Å². The van der Waals surface area contributed by atoms with Gasteiger partial charge in [-0.3, -0.25) is 9.79 Å². The summed E-state index contributed by atoms with van der Waals surface area (Å²) in [4.78, 5) is 25.6. The number of fused-ring (bicyclic) bond motifs is 1. The zero-order chi connectivity index (χ0) is 19.3. The van der Waals surface area contributed by atoms with Crippen molar-refractivity contribution in [2.75, 3.05) is 6.61 Å². The maximum absolute atomic E-state index is 12.3. The first-order valence-electron chi connectivity index (χ1n) is 8.84. The molecule has 1 saturated heterocycles. The number of hydrogen-bond donors (Lipinski definition) is 2. The number of benzene rings is 2. The van der Waals surface area contributed by atoms with Gasteiger partial charge in [0.2, 0.25) is 0 Å². The summed E-state index contributed by atoms with van der Waals surface area (Å²) in [6, 6.07) is 15.3. The van der Waals surface area contributed by atoms with Crippen LogP contribution in [0.3, 0.4) is 0 Å². The second kappa shape index (κ2) is 8.33. The van der Waals surface area contributed by atoms with Gasteiger partial charge in [0, 0.05) is 11.6 Å². The molecule has 3 aromatic rings. The van der Waals surface area contributed by atoms with Gasteiger partial charge in [0.25, 0.3) is 5.91 Å². The second-order valence-electron chi connectivity index (χ2n) is 6.37. The third-order valence-electron chi connectivity index (χ3n) is 4.30. The predicted octanol–water partition coefficient (Wildman–Crippen LogP) is 2.79. The molecule has 28 heavy (non-hydrogen) atoms. The summed E-state index contributed by atoms with van der Waals surface area (Å²) in [5.41, 5.74) is 2.84. The molecule has 2 heterocycles. The fourth-order valence-corrected chi connectivity index (χ4v) is 3.83. The molecular formula is C21H18N4O2S. The van der Waals surface area contributed by atoms with E-state index in [2.05, 4.69) is 20.3 Å². The van der Waals surface area contributed by atoms with Crippen molar-refractivity contribution >= 4 is 39.8 Å². The summed E-state index contributed by atoms with van der Waals surface area (Å²) < 4.78 is 0. The molecule has 1 fully saturated rings. The number of aliphatic hydroxyl groups excluding tert-OH is 1. The maximum Gasteiger partial charge on any atom is 0.264 e. The lowest BCUT2D eigenvalue weighted by molar-refractivity contribution is -0.115. The first-order valence-corrected chi connectivity index (χ1v) is 9.66. The van der Waals surface area contributed by atoms with Crippen LogP contribution >= 0.6 is 11.8 Å². The predicted molar refractivity (Wildman–Crippen MR) is 112 cm³/mol. The number of aliphatic hydroxyl groups is 1. The van der Waals surface area contributed by atoms with E-state index in [1.165, 1.54) is 18.1 Å². The van der Waals surface area contributed by atoms with Crippen molar-refractivity contribution in [3.8, 4) is 0 Å². The van der Waals surface area contributed by atoms with Gasteiger partial charge in [0.1, 0.15) is 6.33 Å². The quantitative estimate of drug-likeness (QED) is 0.654. The number of amidine groups is 1. The van der Waals surface area contributed by atoms with E-state index in [1.807, 2.05) is 54.6 Å². The van der Waals surface area contributed by atoms with Crippen LogP contribution in [0.2, 0.25) is 0 Å². The Labute approximate surface area is 166 Å². The van der Waals surface area contributed by atoms with Crippen LogP contribution in [0.1, 0.15) is 11.1 Å². The molecule has 0 unspecified atom stereocenters. The Balaban J connectivity index is 1.52. The van der Waals surface area contributed by atoms with E-state index in [4.69, 9.17) is 0 Å². The van der Waals surface area contributed by atoms with Crippen LogP contribution in [0, 0.1) is 0 Å². The minimum atomic E-state index is -0.303. The van der Waals surface area contributed by atoms with Crippen LogP contribution in [-0.4, -0.2) is 38.8 Å². The Bertz CT molecular complexity index is 1070. The number of hydrogen-bond acceptors (Lipinski definition) is 6. The number of rotatable bonds is 5. The van der Waals surface area contributed by atoms with E-state index in [0.29, 0.717) is 16.5 Å². The Kier molecular flexibility index (Phi) is 5.45. The molecular weight excluding hydrogens is 372 g/mol. The number of aliphatic imine (C=N–C) groups is 1. The first kappa shape index (κ1) is 18.3. The topological polar surface area (TPSA) is 87.5 Å². The maximum atomic E-state index is 12.3. The molecule has 2 N–H and O–H groups in total. The van der Waals surface area contributed by atoms with Gasteiger partial charge < -0.3 is 10.4 Å². The smallest absolute Gasteiger partial charge is 0.264 e. The number of carbonyl (C=O) groups excluding carboxylic acids is 1. The first-order chi connectivity index (χ1) is 13.7. The van der Waals surface area contributed by atoms with E-state index in [9.17, 15) is 9.90 Å². The Morgan fingerprint density at radius 1 is 1.21 bits per heavy atom. The molecule has 4 rings (SSSR count). The van der Waals surface area contributed by atoms with E-state index in [-0.39, 0.29) is 18.6 Å². The number of nitrogens with zero attached hydrogens (tertiary/aromatic N) is 3. The highest BCUT2D eigenvalue weighted by molar-refractivity contribution is 8.18. The van der Waals surface area contributed by atoms with Gasteiger partial charge >= 0.3 is 0 Å². The summed E-state index contributed by atoms with van der Waals surface area (Å²) >= 11 is 1.28. The normalized spacial score (nSPS) is 18.0. The lowest BCUT2D eigenvalue weighted by Crippen LogP contribution is -2.23. The molecule has 7 heteroatoms. The summed E-state index contributed by atoms with van der Waals surface area (Å²) in [6.07, 6.45) is 5.69. The number of aromatic nitrogens is 2. The number of amides is 1. The number of nitrogens with one attached hydrogen (secondary N) is 1. The molecule has 140 valence electrons. The zero-order valence-corrected chi connectivity index (χ0v) is 15.8. The summed E-state index contributed by atoms with van der Waals surface area (Å²) in [5.74, 6) is -0.190. The van der Waals surface area contributed by atoms with Crippen LogP contribution in [0.25, 0.3) is 17.0 Å². The highest BCUT2D eigenvalue weighted by atomic mass is 32.2. The largest absolute Gasteiger partial charge is 0.394 e. The minimum absolute atomic E-state index is 0.0848. The molecule has 1 aliphatic rings. The van der Waals surface area contributed by atoms with Gasteiger partial charge in [0.05, 0.1) is 23.1 Å². The van der Waals surface area contributed by atoms with Crippen molar-refractivity contribution < 1.29 is 9.90 Å². The molecule has 1 amide bonds. The standard InChI is InChI=1S/C21H18N4O2S/c26-12-17(9-14-4-2-1-3-5-14)24-21-25-20(27)19(28-21)10-15-6-7-18-16(8-15)11-22-13-23-18/h1-8,10-11,13,17,26H,9,12H2,(H,24,25,27)/t17-/m1/s1. The lowest BCUT2D eigenvalue weighted by atomic mass is 10.1. The molecule has 1 aliphatic heterocycles. The average Bonchev–Trinajstić information content (AvgIpc) is 3.07. The highest BCUT2D eigenvalue weighted by Crippen LogP contribution is 2.27. The van der Waals surface area contributed by atoms with Crippen LogP contribution in [0.15, 0.2) is 71.0 Å². The third kappa shape index (κ3) is 4.27. The molecule has 0 saturated carbocycles. The van der Waals surface area contributed by atoms with Crippen molar-refractivity contribution in [3.05, 3.63) is 77.1 Å². The lowest BCUT2D eigenvalue weighted by Gasteiger charge is -2.10. The Morgan fingerprint density at radius 3 is 2.89 bits per heavy atom. The van der Waals surface area contributed by atoms with Gasteiger partial charge in [0.15, 0.2) is 5.17 Å². The molecule has 1 aromatic heterocycles. The van der Waals surface area contributed by atoms with Gasteiger partial charge in [-0.25, -0.2) is 9.97 Å². The van der Waals surface area contributed by atoms with Crippen molar-refractivity contribution in [3.63, 3.8) is 0 Å². The number of thioether (sulfide) groups is 1. The molecule has 0 bridgehead atoms. The average molecular weight is 390 g/mol. The molecule has 0 spiro atoms. The molecule has 1 atom stereocenters. The summed E-state index contributed by atoms with van der Waals surface area (Å²) in [7, 11) is 0. The van der Waals surface area contributed by atoms with Crippen LogP contribution in [0.4, 0.5) is 0 Å². The van der Waals surface area contributed by atoms with Crippen LogP contribution in [0.5, 0.6) is 0 Å². The van der Waals surface area contributed by atoms with Gasteiger partial charge in [-0.05, 0) is 47.5 Å². The van der Waals surface area contributed by atoms with E-state index in [0.717, 1.165) is 22.0 Å². The molecule has 2 aromatic carbocycles. The molecule has 0 radical (unpaired) electrons. The second-order valence-corrected chi connectivity index (χ2v) is 7.40. The molecule has 0 aliphatic carbocycles. The molecule has 6 nitrogen and oxygen atoms in total. The van der Waals surface area contributed by atoms with Gasteiger partial charge in [-0.1, -0.05) is 36.4 Å². The SMILES string of the molecule is O=C1NC(=N[C@@H](CO)Cc2ccccc2)SC1=Cc1ccc2ncncc2c1. The van der Waals surface area contributed by atoms with Crippen LogP contribution < -0.4 is 5.32 Å². The van der Waals surface area contributed by atoms with Crippen molar-refractivity contribution in [2.45, 2.75) is 12.5 Å². The third-order valence-corrected chi connectivity index (χ3v) is 5.23. The van der Waals surface area contributed by atoms with Crippen molar-refractivity contribution in [2.24, 2.45) is 4.99 Å². The Hall–Kier alpha value is -3.03. The van der Waals surface area contributed by atoms with Crippen molar-refractivity contribution in [1.82, 2.24) is 15.3 Å². The van der Waals surface area contributed by atoms with Gasteiger partial charge in [-0.2, -0.15) is 0 Å². The summed E-state index contributed by atoms with van der Waals surface area (Å²) in [6.45, 7) is -0.0848. The van der Waals surface area contributed by atoms with Gasteiger partial charge in [-0.15, -0.1) is 0 Å². The van der Waals surface area contributed by atoms with E-state index in [1.54, 1.807) is 6.20 Å².